The molecule has 0 spiro atoms. The number of hydrogen-bond donors (Lipinski definition) is 1. The molecule has 0 bridgehead atoms. The van der Waals surface area contributed by atoms with E-state index in [1.165, 1.54) is 7.11 Å². The highest BCUT2D eigenvalue weighted by atomic mass is 32.1. The summed E-state index contributed by atoms with van der Waals surface area (Å²) in [6, 6.07) is 6.61. The Bertz CT molecular complexity index is 916. The van der Waals surface area contributed by atoms with Crippen LogP contribution < -0.4 is 10.1 Å². The van der Waals surface area contributed by atoms with Gasteiger partial charge in [0.25, 0.3) is 5.91 Å². The molecule has 2 aromatic rings. The first kappa shape index (κ1) is 22.4. The van der Waals surface area contributed by atoms with Gasteiger partial charge < -0.3 is 19.5 Å². The van der Waals surface area contributed by atoms with Gasteiger partial charge in [0.15, 0.2) is 0 Å². The number of esters is 2. The molecule has 1 amide bonds. The van der Waals surface area contributed by atoms with E-state index in [0.717, 1.165) is 11.3 Å². The van der Waals surface area contributed by atoms with Crippen molar-refractivity contribution >= 4 is 34.2 Å². The summed E-state index contributed by atoms with van der Waals surface area (Å²) in [6.07, 6.45) is -0.667. The number of hydrogen-bond acceptors (Lipinski definition) is 7. The van der Waals surface area contributed by atoms with Gasteiger partial charge in [-0.15, -0.1) is 11.3 Å². The topological polar surface area (TPSA) is 90.9 Å². The predicted molar refractivity (Wildman–Crippen MR) is 111 cm³/mol. The van der Waals surface area contributed by atoms with E-state index in [-0.39, 0.29) is 27.6 Å². The van der Waals surface area contributed by atoms with Crippen molar-refractivity contribution in [3.8, 4) is 5.75 Å². The lowest BCUT2D eigenvalue weighted by molar-refractivity contribution is 0.0378. The second-order valence-electron chi connectivity index (χ2n) is 6.85. The Morgan fingerprint density at radius 1 is 1.00 bits per heavy atom. The number of thiophene rings is 1. The van der Waals surface area contributed by atoms with Gasteiger partial charge in [0, 0.05) is 5.56 Å². The van der Waals surface area contributed by atoms with Crippen LogP contribution in [0.1, 0.15) is 63.6 Å². The van der Waals surface area contributed by atoms with Crippen molar-refractivity contribution in [1.29, 1.82) is 0 Å². The molecule has 1 aromatic heterocycles. The molecule has 2 rings (SSSR count). The van der Waals surface area contributed by atoms with E-state index < -0.39 is 17.8 Å². The van der Waals surface area contributed by atoms with Crippen molar-refractivity contribution in [3.05, 3.63) is 45.8 Å². The Morgan fingerprint density at radius 3 is 2.21 bits per heavy atom. The Labute approximate surface area is 174 Å². The van der Waals surface area contributed by atoms with E-state index in [0.29, 0.717) is 16.9 Å². The predicted octanol–water partition coefficient (Wildman–Crippen LogP) is 4.45. The molecule has 0 unspecified atom stereocenters. The van der Waals surface area contributed by atoms with Crippen LogP contribution in [0.3, 0.4) is 0 Å². The monoisotopic (exact) mass is 419 g/mol. The normalized spacial score (nSPS) is 10.8. The van der Waals surface area contributed by atoms with Crippen molar-refractivity contribution < 1.29 is 28.6 Å². The second kappa shape index (κ2) is 9.56. The minimum Gasteiger partial charge on any atom is -0.497 e. The van der Waals surface area contributed by atoms with E-state index in [1.807, 2.05) is 0 Å². The van der Waals surface area contributed by atoms with Gasteiger partial charge in [0.2, 0.25) is 0 Å². The first-order valence-electron chi connectivity index (χ1n) is 9.14. The molecule has 0 saturated heterocycles. The number of rotatable bonds is 7. The number of carbonyl (C=O) groups is 3. The van der Waals surface area contributed by atoms with E-state index in [1.54, 1.807) is 58.9 Å². The van der Waals surface area contributed by atoms with E-state index >= 15 is 0 Å². The number of benzene rings is 1. The maximum Gasteiger partial charge on any atom is 0.348 e. The van der Waals surface area contributed by atoms with Gasteiger partial charge in [-0.3, -0.25) is 4.79 Å². The van der Waals surface area contributed by atoms with E-state index in [4.69, 9.17) is 14.2 Å². The molecule has 1 aromatic carbocycles. The number of carbonyl (C=O) groups excluding carboxylic acids is 3. The SMILES string of the molecule is COc1cccc(C(=O)Nc2sc(C(=O)OC(C)C)c(C)c2C(=O)OC(C)C)c1. The number of amides is 1. The second-order valence-corrected chi connectivity index (χ2v) is 7.88. The molecule has 0 fully saturated rings. The third-order valence-corrected chi connectivity index (χ3v) is 4.97. The summed E-state index contributed by atoms with van der Waals surface area (Å²) in [7, 11) is 1.51. The Hall–Kier alpha value is -2.87. The van der Waals surface area contributed by atoms with Crippen LogP contribution in [-0.2, 0) is 9.47 Å². The van der Waals surface area contributed by atoms with E-state index in [2.05, 4.69) is 5.32 Å². The third kappa shape index (κ3) is 5.57. The minimum atomic E-state index is -0.613. The third-order valence-electron chi connectivity index (χ3n) is 3.78. The number of anilines is 1. The highest BCUT2D eigenvalue weighted by molar-refractivity contribution is 7.18. The molecule has 8 heteroatoms. The van der Waals surface area contributed by atoms with Crippen LogP contribution in [0.4, 0.5) is 5.00 Å². The van der Waals surface area contributed by atoms with Gasteiger partial charge in [-0.1, -0.05) is 6.07 Å². The summed E-state index contributed by atoms with van der Waals surface area (Å²) in [5, 5.41) is 2.95. The quantitative estimate of drug-likeness (QED) is 0.667. The van der Waals surface area contributed by atoms with Gasteiger partial charge in [0.05, 0.1) is 24.9 Å². The zero-order chi connectivity index (χ0) is 21.7. The molecule has 0 radical (unpaired) electrons. The standard InChI is InChI=1S/C21H25NO6S/c1-11(2)27-20(24)16-13(5)17(21(25)28-12(3)4)29-19(16)22-18(23)14-8-7-9-15(10-14)26-6/h7-12H,1-6H3,(H,22,23). The van der Waals surface area contributed by atoms with Gasteiger partial charge in [-0.2, -0.15) is 0 Å². The van der Waals surface area contributed by atoms with Crippen molar-refractivity contribution in [3.63, 3.8) is 0 Å². The molecule has 1 N–H and O–H groups in total. The molecule has 29 heavy (non-hydrogen) atoms. The van der Waals surface area contributed by atoms with Crippen LogP contribution in [-0.4, -0.2) is 37.2 Å². The van der Waals surface area contributed by atoms with Gasteiger partial charge in [-0.05, 0) is 58.4 Å². The zero-order valence-corrected chi connectivity index (χ0v) is 18.1. The lowest BCUT2D eigenvalue weighted by Crippen LogP contribution is -2.17. The molecule has 1 heterocycles. The average molecular weight is 419 g/mol. The van der Waals surface area contributed by atoms with Gasteiger partial charge in [-0.25, -0.2) is 9.59 Å². The van der Waals surface area contributed by atoms with Gasteiger partial charge >= 0.3 is 11.9 Å². The molecule has 0 aliphatic rings. The summed E-state index contributed by atoms with van der Waals surface area (Å²) in [6.45, 7) is 8.55. The van der Waals surface area contributed by atoms with Crippen LogP contribution in [0, 0.1) is 6.92 Å². The Morgan fingerprint density at radius 2 is 1.62 bits per heavy atom. The number of nitrogens with one attached hydrogen (secondary N) is 1. The molecule has 0 aliphatic heterocycles. The van der Waals surface area contributed by atoms with Gasteiger partial charge in [0.1, 0.15) is 15.6 Å². The Balaban J connectivity index is 2.43. The Kier molecular flexibility index (Phi) is 7.39. The maximum absolute atomic E-state index is 12.7. The molecule has 156 valence electrons. The van der Waals surface area contributed by atoms with Crippen molar-refractivity contribution in [2.45, 2.75) is 46.8 Å². The van der Waals surface area contributed by atoms with Crippen LogP contribution in [0.5, 0.6) is 5.75 Å². The van der Waals surface area contributed by atoms with Crippen molar-refractivity contribution in [2.24, 2.45) is 0 Å². The summed E-state index contributed by atoms with van der Waals surface area (Å²) >= 11 is 0.986. The highest BCUT2D eigenvalue weighted by Crippen LogP contribution is 2.35. The zero-order valence-electron chi connectivity index (χ0n) is 17.3. The fourth-order valence-electron chi connectivity index (χ4n) is 2.52. The van der Waals surface area contributed by atoms with Crippen molar-refractivity contribution in [1.82, 2.24) is 0 Å². The smallest absolute Gasteiger partial charge is 0.348 e. The highest BCUT2D eigenvalue weighted by Gasteiger charge is 2.28. The fraction of sp³-hybridized carbons (Fsp3) is 0.381. The summed E-state index contributed by atoms with van der Waals surface area (Å²) < 4.78 is 15.7. The summed E-state index contributed by atoms with van der Waals surface area (Å²) in [4.78, 5) is 38.0. The maximum atomic E-state index is 12.7. The largest absolute Gasteiger partial charge is 0.497 e. The molecule has 0 aliphatic carbocycles. The first-order chi connectivity index (χ1) is 13.6. The summed E-state index contributed by atoms with van der Waals surface area (Å²) in [5.74, 6) is -1.07. The average Bonchev–Trinajstić information content (AvgIpc) is 2.96. The molecule has 0 atom stereocenters. The molecule has 7 nitrogen and oxygen atoms in total. The molecular formula is C21H25NO6S. The van der Waals surface area contributed by atoms with Crippen LogP contribution >= 0.6 is 11.3 Å². The number of methoxy groups -OCH3 is 1. The van der Waals surface area contributed by atoms with E-state index in [9.17, 15) is 14.4 Å². The minimum absolute atomic E-state index is 0.149. The lowest BCUT2D eigenvalue weighted by Gasteiger charge is -2.11. The summed E-state index contributed by atoms with van der Waals surface area (Å²) in [5.41, 5.74) is 0.910. The van der Waals surface area contributed by atoms with Crippen LogP contribution in [0.2, 0.25) is 0 Å². The molecule has 0 saturated carbocycles. The van der Waals surface area contributed by atoms with Crippen LogP contribution in [0.25, 0.3) is 0 Å². The van der Waals surface area contributed by atoms with Crippen LogP contribution in [0.15, 0.2) is 24.3 Å². The first-order valence-corrected chi connectivity index (χ1v) is 9.96. The number of ether oxygens (including phenoxy) is 3. The molecular weight excluding hydrogens is 394 g/mol. The van der Waals surface area contributed by atoms with Crippen molar-refractivity contribution in [2.75, 3.05) is 12.4 Å². The fourth-order valence-corrected chi connectivity index (χ4v) is 3.60. The lowest BCUT2D eigenvalue weighted by atomic mass is 10.1.